The predicted octanol–water partition coefficient (Wildman–Crippen LogP) is 2.90. The first-order valence-electron chi connectivity index (χ1n) is 9.56. The van der Waals surface area contributed by atoms with Crippen LogP contribution in [0.25, 0.3) is 0 Å². The summed E-state index contributed by atoms with van der Waals surface area (Å²) in [6.45, 7) is 5.29. The van der Waals surface area contributed by atoms with Gasteiger partial charge >= 0.3 is 6.03 Å². The highest BCUT2D eigenvalue weighted by Gasteiger charge is 2.43. The normalized spacial score (nSPS) is 22.0. The van der Waals surface area contributed by atoms with Crippen molar-refractivity contribution in [2.24, 2.45) is 0 Å². The van der Waals surface area contributed by atoms with Gasteiger partial charge in [-0.25, -0.2) is 4.79 Å². The van der Waals surface area contributed by atoms with E-state index in [1.165, 1.54) is 11.1 Å². The molecular formula is C22H24N4O3. The van der Waals surface area contributed by atoms with Crippen LogP contribution in [0.3, 0.4) is 0 Å². The van der Waals surface area contributed by atoms with E-state index < -0.39 is 23.8 Å². The van der Waals surface area contributed by atoms with Gasteiger partial charge in [0.2, 0.25) is 0 Å². The van der Waals surface area contributed by atoms with Crippen molar-refractivity contribution < 1.29 is 14.6 Å². The first-order valence-corrected chi connectivity index (χ1v) is 9.56. The Hall–Kier alpha value is -3.08. The van der Waals surface area contributed by atoms with E-state index in [0.717, 1.165) is 13.1 Å². The second kappa shape index (κ2) is 7.07. The number of urea groups is 1. The van der Waals surface area contributed by atoms with Crippen molar-refractivity contribution >= 4 is 11.7 Å². The van der Waals surface area contributed by atoms with E-state index in [1.807, 2.05) is 18.2 Å². The quantitative estimate of drug-likeness (QED) is 0.730. The summed E-state index contributed by atoms with van der Waals surface area (Å²) in [5.74, 6) is 0.546. The molecule has 2 aliphatic rings. The zero-order chi connectivity index (χ0) is 20.8. The zero-order valence-corrected chi connectivity index (χ0v) is 16.7. The van der Waals surface area contributed by atoms with Crippen LogP contribution in [-0.2, 0) is 13.1 Å². The number of anilines is 1. The Kier molecular flexibility index (Phi) is 4.69. The summed E-state index contributed by atoms with van der Waals surface area (Å²) in [7, 11) is 2.06. The number of hydrogen-bond acceptors (Lipinski definition) is 5. The van der Waals surface area contributed by atoms with Crippen LogP contribution in [-0.4, -0.2) is 34.8 Å². The standard InChI is InChI=1S/C22H24N4O3/c1-22(2)20(27)19(17-8-13(10-23)4-7-18(17)29-22)25-21(28)24-16-6-5-14-11-26(3)12-15(14)9-16/h4-9,19-20,27H,11-12H2,1-3H3,(H2,24,25,28)/t19-,20+/m1/s1. The van der Waals surface area contributed by atoms with Gasteiger partial charge in [0.15, 0.2) is 0 Å². The maximum Gasteiger partial charge on any atom is 0.319 e. The Morgan fingerprint density at radius 2 is 2.00 bits per heavy atom. The van der Waals surface area contributed by atoms with Gasteiger partial charge in [0, 0.05) is 24.3 Å². The lowest BCUT2D eigenvalue weighted by Gasteiger charge is -2.42. The van der Waals surface area contributed by atoms with Crippen LogP contribution in [0.4, 0.5) is 10.5 Å². The summed E-state index contributed by atoms with van der Waals surface area (Å²) in [6, 6.07) is 11.8. The minimum atomic E-state index is -0.983. The van der Waals surface area contributed by atoms with E-state index in [-0.39, 0.29) is 0 Å². The van der Waals surface area contributed by atoms with Crippen molar-refractivity contribution in [1.82, 2.24) is 10.2 Å². The van der Waals surface area contributed by atoms with Gasteiger partial charge in [-0.05, 0) is 62.4 Å². The number of hydrogen-bond donors (Lipinski definition) is 3. The summed E-state index contributed by atoms with van der Waals surface area (Å²) in [6.07, 6.45) is -0.983. The Morgan fingerprint density at radius 1 is 1.24 bits per heavy atom. The number of fused-ring (bicyclic) bond motifs is 2. The minimum absolute atomic E-state index is 0.425. The van der Waals surface area contributed by atoms with Crippen molar-refractivity contribution in [1.29, 1.82) is 5.26 Å². The highest BCUT2D eigenvalue weighted by atomic mass is 16.5. The summed E-state index contributed by atoms with van der Waals surface area (Å²) < 4.78 is 5.89. The second-order valence-corrected chi connectivity index (χ2v) is 8.25. The highest BCUT2D eigenvalue weighted by molar-refractivity contribution is 5.90. The SMILES string of the molecule is CN1Cc2ccc(NC(=O)N[C@@H]3c4cc(C#N)ccc4OC(C)(C)[C@H]3O)cc2C1. The van der Waals surface area contributed by atoms with Gasteiger partial charge < -0.3 is 20.5 Å². The van der Waals surface area contributed by atoms with Crippen LogP contribution in [0, 0.1) is 11.3 Å². The molecule has 0 aliphatic carbocycles. The zero-order valence-electron chi connectivity index (χ0n) is 16.7. The van der Waals surface area contributed by atoms with Gasteiger partial charge in [-0.3, -0.25) is 4.90 Å². The number of rotatable bonds is 2. The molecule has 2 heterocycles. The van der Waals surface area contributed by atoms with Crippen molar-refractivity contribution in [2.75, 3.05) is 12.4 Å². The molecule has 3 N–H and O–H groups in total. The molecule has 4 rings (SSSR count). The third-order valence-electron chi connectivity index (χ3n) is 5.51. The maximum absolute atomic E-state index is 12.7. The number of aliphatic hydroxyl groups excluding tert-OH is 1. The van der Waals surface area contributed by atoms with Gasteiger partial charge in [0.05, 0.1) is 17.7 Å². The highest BCUT2D eigenvalue weighted by Crippen LogP contribution is 2.40. The molecule has 2 amide bonds. The number of ether oxygens (including phenoxy) is 1. The van der Waals surface area contributed by atoms with E-state index in [4.69, 9.17) is 4.74 Å². The summed E-state index contributed by atoms with van der Waals surface area (Å²) in [5, 5.41) is 25.7. The van der Waals surface area contributed by atoms with E-state index >= 15 is 0 Å². The number of nitrogens with one attached hydrogen (secondary N) is 2. The van der Waals surface area contributed by atoms with Crippen molar-refractivity contribution in [3.05, 3.63) is 58.7 Å². The predicted molar refractivity (Wildman–Crippen MR) is 108 cm³/mol. The third-order valence-corrected chi connectivity index (χ3v) is 5.51. The molecule has 0 saturated carbocycles. The van der Waals surface area contributed by atoms with Gasteiger partial charge in [0.25, 0.3) is 0 Å². The van der Waals surface area contributed by atoms with Crippen molar-refractivity contribution in [3.8, 4) is 11.8 Å². The first-order chi connectivity index (χ1) is 13.8. The number of nitrogens with zero attached hydrogens (tertiary/aromatic N) is 2. The largest absolute Gasteiger partial charge is 0.485 e. The molecule has 2 aliphatic heterocycles. The van der Waals surface area contributed by atoms with E-state index in [0.29, 0.717) is 22.6 Å². The molecule has 7 nitrogen and oxygen atoms in total. The first kappa shape index (κ1) is 19.2. The van der Waals surface area contributed by atoms with E-state index in [1.54, 1.807) is 32.0 Å². The van der Waals surface area contributed by atoms with Crippen molar-refractivity contribution in [2.45, 2.75) is 44.7 Å². The second-order valence-electron chi connectivity index (χ2n) is 8.25. The van der Waals surface area contributed by atoms with Crippen LogP contribution in [0.2, 0.25) is 0 Å². The monoisotopic (exact) mass is 392 g/mol. The van der Waals surface area contributed by atoms with E-state index in [2.05, 4.69) is 28.7 Å². The molecule has 2 aromatic carbocycles. The van der Waals surface area contributed by atoms with E-state index in [9.17, 15) is 15.2 Å². The van der Waals surface area contributed by atoms with Gasteiger partial charge in [-0.2, -0.15) is 5.26 Å². The fourth-order valence-corrected chi connectivity index (χ4v) is 3.98. The van der Waals surface area contributed by atoms with Crippen LogP contribution in [0.5, 0.6) is 5.75 Å². The molecule has 0 bridgehead atoms. The number of carbonyl (C=O) groups excluding carboxylic acids is 1. The third kappa shape index (κ3) is 3.65. The molecule has 0 unspecified atom stereocenters. The molecule has 0 spiro atoms. The molecule has 7 heteroatoms. The lowest BCUT2D eigenvalue weighted by atomic mass is 9.86. The fourth-order valence-electron chi connectivity index (χ4n) is 3.98. The summed E-state index contributed by atoms with van der Waals surface area (Å²) in [5.41, 5.74) is 3.29. The fraction of sp³-hybridized carbons (Fsp3) is 0.364. The molecule has 2 atom stereocenters. The smallest absolute Gasteiger partial charge is 0.319 e. The maximum atomic E-state index is 12.7. The molecular weight excluding hydrogens is 368 g/mol. The van der Waals surface area contributed by atoms with Gasteiger partial charge in [-0.15, -0.1) is 0 Å². The van der Waals surface area contributed by atoms with Crippen LogP contribution in [0.15, 0.2) is 36.4 Å². The number of carbonyl (C=O) groups is 1. The topological polar surface area (TPSA) is 97.6 Å². The molecule has 150 valence electrons. The van der Waals surface area contributed by atoms with Crippen LogP contribution < -0.4 is 15.4 Å². The molecule has 0 radical (unpaired) electrons. The molecule has 29 heavy (non-hydrogen) atoms. The lowest BCUT2D eigenvalue weighted by molar-refractivity contribution is -0.0618. The Balaban J connectivity index is 1.56. The molecule has 2 aromatic rings. The van der Waals surface area contributed by atoms with Gasteiger partial charge in [0.1, 0.15) is 17.5 Å². The Bertz CT molecular complexity index is 1010. The minimum Gasteiger partial charge on any atom is -0.485 e. The summed E-state index contributed by atoms with van der Waals surface area (Å²) >= 11 is 0. The summed E-state index contributed by atoms with van der Waals surface area (Å²) in [4.78, 5) is 14.9. The number of amides is 2. The molecule has 0 fully saturated rings. The van der Waals surface area contributed by atoms with Gasteiger partial charge in [-0.1, -0.05) is 6.07 Å². The molecule has 0 aromatic heterocycles. The van der Waals surface area contributed by atoms with Crippen LogP contribution in [0.1, 0.15) is 42.1 Å². The van der Waals surface area contributed by atoms with Crippen LogP contribution >= 0.6 is 0 Å². The lowest BCUT2D eigenvalue weighted by Crippen LogP contribution is -2.54. The number of aliphatic hydroxyl groups is 1. The average molecular weight is 392 g/mol. The Labute approximate surface area is 169 Å². The van der Waals surface area contributed by atoms with Crippen molar-refractivity contribution in [3.63, 3.8) is 0 Å². The Morgan fingerprint density at radius 3 is 2.76 bits per heavy atom. The number of benzene rings is 2. The average Bonchev–Trinajstić information content (AvgIpc) is 3.04. The number of nitriles is 1. The molecule has 0 saturated heterocycles.